The van der Waals surface area contributed by atoms with E-state index in [1.165, 1.54) is 25.7 Å². The first-order valence-corrected chi connectivity index (χ1v) is 6.23. The average molecular weight is 229 g/mol. The molecule has 0 aromatic heterocycles. The molecule has 3 heteroatoms. The standard InChI is InChI=1S/C14H19N3/c1-2-5-14(6-7-14)10-17-13-4-3-12(16)8-11(13)9-15/h3-4,8,17H,2,5-7,10,16H2,1H3. The molecule has 1 saturated carbocycles. The summed E-state index contributed by atoms with van der Waals surface area (Å²) in [6.45, 7) is 3.20. The van der Waals surface area contributed by atoms with Crippen LogP contribution in [0.1, 0.15) is 38.2 Å². The quantitative estimate of drug-likeness (QED) is 0.762. The summed E-state index contributed by atoms with van der Waals surface area (Å²) < 4.78 is 0. The van der Waals surface area contributed by atoms with Gasteiger partial charge in [-0.2, -0.15) is 5.26 Å². The van der Waals surface area contributed by atoms with Crippen molar-refractivity contribution in [1.82, 2.24) is 0 Å². The maximum Gasteiger partial charge on any atom is 0.101 e. The van der Waals surface area contributed by atoms with E-state index in [0.29, 0.717) is 16.7 Å². The molecule has 90 valence electrons. The second kappa shape index (κ2) is 4.67. The Hall–Kier alpha value is -1.69. The summed E-state index contributed by atoms with van der Waals surface area (Å²) >= 11 is 0. The minimum Gasteiger partial charge on any atom is -0.399 e. The largest absolute Gasteiger partial charge is 0.399 e. The van der Waals surface area contributed by atoms with Gasteiger partial charge in [-0.05, 0) is 42.9 Å². The van der Waals surface area contributed by atoms with E-state index in [-0.39, 0.29) is 0 Å². The third-order valence-corrected chi connectivity index (χ3v) is 3.56. The first-order chi connectivity index (χ1) is 8.19. The number of nitrogens with two attached hydrogens (primary N) is 1. The fraction of sp³-hybridized carbons (Fsp3) is 0.500. The van der Waals surface area contributed by atoms with E-state index in [1.807, 2.05) is 12.1 Å². The van der Waals surface area contributed by atoms with Crippen molar-refractivity contribution in [3.05, 3.63) is 23.8 Å². The maximum atomic E-state index is 9.05. The first-order valence-electron chi connectivity index (χ1n) is 6.23. The normalized spacial score (nSPS) is 16.2. The minimum atomic E-state index is 0.489. The SMILES string of the molecule is CCCC1(CNc2ccc(N)cc2C#N)CC1. The second-order valence-electron chi connectivity index (χ2n) is 5.02. The number of nitriles is 1. The zero-order valence-electron chi connectivity index (χ0n) is 10.3. The number of benzene rings is 1. The van der Waals surface area contributed by atoms with E-state index < -0.39 is 0 Å². The van der Waals surface area contributed by atoms with Crippen molar-refractivity contribution in [2.45, 2.75) is 32.6 Å². The molecule has 0 amide bonds. The van der Waals surface area contributed by atoms with E-state index in [9.17, 15) is 0 Å². The summed E-state index contributed by atoms with van der Waals surface area (Å²) in [6.07, 6.45) is 5.13. The van der Waals surface area contributed by atoms with Crippen LogP contribution in [-0.2, 0) is 0 Å². The molecule has 0 spiro atoms. The van der Waals surface area contributed by atoms with Gasteiger partial charge in [-0.25, -0.2) is 0 Å². The second-order valence-corrected chi connectivity index (χ2v) is 5.02. The number of hydrogen-bond donors (Lipinski definition) is 2. The molecule has 17 heavy (non-hydrogen) atoms. The van der Waals surface area contributed by atoms with Gasteiger partial charge in [0.1, 0.15) is 6.07 Å². The fourth-order valence-electron chi connectivity index (χ4n) is 2.31. The predicted molar refractivity (Wildman–Crippen MR) is 70.6 cm³/mol. The Morgan fingerprint density at radius 1 is 1.47 bits per heavy atom. The lowest BCUT2D eigenvalue weighted by atomic mass is 10.0. The van der Waals surface area contributed by atoms with Gasteiger partial charge in [0.2, 0.25) is 0 Å². The summed E-state index contributed by atoms with van der Waals surface area (Å²) in [6, 6.07) is 7.64. The Kier molecular flexibility index (Phi) is 3.23. The van der Waals surface area contributed by atoms with Crippen LogP contribution in [-0.4, -0.2) is 6.54 Å². The maximum absolute atomic E-state index is 9.05. The summed E-state index contributed by atoms with van der Waals surface area (Å²) in [5.74, 6) is 0. The Morgan fingerprint density at radius 2 is 2.24 bits per heavy atom. The van der Waals surface area contributed by atoms with Gasteiger partial charge in [-0.1, -0.05) is 13.3 Å². The van der Waals surface area contributed by atoms with E-state index in [2.05, 4.69) is 18.3 Å². The minimum absolute atomic E-state index is 0.489. The Morgan fingerprint density at radius 3 is 2.82 bits per heavy atom. The van der Waals surface area contributed by atoms with Gasteiger partial charge in [-0.15, -0.1) is 0 Å². The van der Waals surface area contributed by atoms with Crippen molar-refractivity contribution < 1.29 is 0 Å². The van der Waals surface area contributed by atoms with Gasteiger partial charge in [0, 0.05) is 12.2 Å². The van der Waals surface area contributed by atoms with Crippen molar-refractivity contribution in [2.75, 3.05) is 17.6 Å². The van der Waals surface area contributed by atoms with E-state index in [1.54, 1.807) is 6.07 Å². The van der Waals surface area contributed by atoms with Crippen LogP contribution in [0.5, 0.6) is 0 Å². The molecule has 0 atom stereocenters. The number of nitrogen functional groups attached to an aromatic ring is 1. The van der Waals surface area contributed by atoms with Gasteiger partial charge in [0.05, 0.1) is 11.3 Å². The van der Waals surface area contributed by atoms with Gasteiger partial charge < -0.3 is 11.1 Å². The van der Waals surface area contributed by atoms with Crippen LogP contribution in [0.4, 0.5) is 11.4 Å². The van der Waals surface area contributed by atoms with Crippen molar-refractivity contribution in [3.8, 4) is 6.07 Å². The highest BCUT2D eigenvalue weighted by atomic mass is 14.9. The van der Waals surface area contributed by atoms with Crippen LogP contribution < -0.4 is 11.1 Å². The van der Waals surface area contributed by atoms with Crippen LogP contribution >= 0.6 is 0 Å². The first kappa shape index (κ1) is 11.8. The lowest BCUT2D eigenvalue weighted by molar-refractivity contribution is 0.485. The molecule has 1 aromatic carbocycles. The lowest BCUT2D eigenvalue weighted by Gasteiger charge is -2.16. The van der Waals surface area contributed by atoms with Gasteiger partial charge in [-0.3, -0.25) is 0 Å². The molecule has 0 unspecified atom stereocenters. The highest BCUT2D eigenvalue weighted by Gasteiger charge is 2.41. The molecule has 3 nitrogen and oxygen atoms in total. The number of nitrogens with one attached hydrogen (secondary N) is 1. The number of hydrogen-bond acceptors (Lipinski definition) is 3. The molecule has 3 N–H and O–H groups in total. The summed E-state index contributed by atoms with van der Waals surface area (Å²) in [5, 5.41) is 12.4. The fourth-order valence-corrected chi connectivity index (χ4v) is 2.31. The Bertz CT molecular complexity index is 441. The van der Waals surface area contributed by atoms with E-state index >= 15 is 0 Å². The van der Waals surface area contributed by atoms with Crippen molar-refractivity contribution in [1.29, 1.82) is 5.26 Å². The summed E-state index contributed by atoms with van der Waals surface area (Å²) in [5.41, 5.74) is 8.34. The van der Waals surface area contributed by atoms with Crippen LogP contribution in [0.15, 0.2) is 18.2 Å². The molecule has 1 aromatic rings. The van der Waals surface area contributed by atoms with Gasteiger partial charge in [0.15, 0.2) is 0 Å². The van der Waals surface area contributed by atoms with Crippen LogP contribution in [0.2, 0.25) is 0 Å². The molecule has 1 aliphatic carbocycles. The smallest absolute Gasteiger partial charge is 0.101 e. The van der Waals surface area contributed by atoms with Crippen LogP contribution in [0.25, 0.3) is 0 Å². The molecule has 0 aliphatic heterocycles. The molecule has 1 fully saturated rings. The van der Waals surface area contributed by atoms with Crippen molar-refractivity contribution >= 4 is 11.4 Å². The van der Waals surface area contributed by atoms with E-state index in [0.717, 1.165) is 12.2 Å². The number of nitrogens with zero attached hydrogens (tertiary/aromatic N) is 1. The third-order valence-electron chi connectivity index (χ3n) is 3.56. The highest BCUT2D eigenvalue weighted by Crippen LogP contribution is 2.49. The topological polar surface area (TPSA) is 61.8 Å². The molecular formula is C14H19N3. The highest BCUT2D eigenvalue weighted by molar-refractivity contribution is 5.63. The lowest BCUT2D eigenvalue weighted by Crippen LogP contribution is -2.15. The van der Waals surface area contributed by atoms with Crippen molar-refractivity contribution in [2.24, 2.45) is 5.41 Å². The third kappa shape index (κ3) is 2.71. The average Bonchev–Trinajstić information content (AvgIpc) is 3.08. The van der Waals surface area contributed by atoms with Gasteiger partial charge >= 0.3 is 0 Å². The summed E-state index contributed by atoms with van der Waals surface area (Å²) in [4.78, 5) is 0. The zero-order chi connectivity index (χ0) is 12.3. The Balaban J connectivity index is 2.02. The van der Waals surface area contributed by atoms with Crippen LogP contribution in [0.3, 0.4) is 0 Å². The van der Waals surface area contributed by atoms with Gasteiger partial charge in [0.25, 0.3) is 0 Å². The van der Waals surface area contributed by atoms with Crippen molar-refractivity contribution in [3.63, 3.8) is 0 Å². The molecule has 2 rings (SSSR count). The molecule has 0 heterocycles. The van der Waals surface area contributed by atoms with E-state index in [4.69, 9.17) is 11.0 Å². The summed E-state index contributed by atoms with van der Waals surface area (Å²) in [7, 11) is 0. The number of anilines is 2. The zero-order valence-corrected chi connectivity index (χ0v) is 10.3. The molecule has 1 aliphatic rings. The molecule has 0 saturated heterocycles. The molecular weight excluding hydrogens is 210 g/mol. The molecule has 0 bridgehead atoms. The monoisotopic (exact) mass is 229 g/mol. The van der Waals surface area contributed by atoms with Crippen LogP contribution in [0, 0.1) is 16.7 Å². The Labute approximate surface area is 103 Å². The molecule has 0 radical (unpaired) electrons. The predicted octanol–water partition coefficient (Wildman–Crippen LogP) is 3.13. The number of rotatable bonds is 5.